The average Bonchev–Trinajstić information content (AvgIpc) is 2.70. The molecule has 0 aliphatic rings. The second-order valence-corrected chi connectivity index (χ2v) is 6.69. The fourth-order valence-corrected chi connectivity index (χ4v) is 2.65. The van der Waals surface area contributed by atoms with Crippen LogP contribution in [0.4, 0.5) is 0 Å². The van der Waals surface area contributed by atoms with E-state index in [4.69, 9.17) is 0 Å². The maximum atomic E-state index is 10.7. The van der Waals surface area contributed by atoms with Crippen LogP contribution < -0.4 is 19.6 Å². The Balaban J connectivity index is 2.79. The molecule has 0 saturated carbocycles. The summed E-state index contributed by atoms with van der Waals surface area (Å²) in [7, 11) is -11.6. The van der Waals surface area contributed by atoms with Crippen LogP contribution in [0, 0.1) is 44.7 Å². The molecule has 0 aliphatic heterocycles. The SMILES string of the molecule is [CH2]C([CH2])=[C][C][C]n1cc([C][C](P(=O)([O-])[O-])P(=O)([O-])[O-])nn1. The van der Waals surface area contributed by atoms with Crippen LogP contribution in [-0.4, -0.2) is 15.0 Å². The molecule has 11 heteroatoms. The van der Waals surface area contributed by atoms with Gasteiger partial charge in [0.2, 0.25) is 0 Å². The molecule has 0 fully saturated rings. The van der Waals surface area contributed by atoms with Gasteiger partial charge in [0.05, 0.1) is 30.1 Å². The number of allylic oxidation sites excluding steroid dienone is 2. The minimum absolute atomic E-state index is 0.300. The quantitative estimate of drug-likeness (QED) is 0.493. The molecule has 0 saturated heterocycles. The second-order valence-electron chi connectivity index (χ2n) is 3.46. The van der Waals surface area contributed by atoms with E-state index >= 15 is 0 Å². The lowest BCUT2D eigenvalue weighted by Crippen LogP contribution is -2.29. The normalized spacial score (nSPS) is 12.7. The molecular weight excluding hydrogens is 320 g/mol. The molecule has 0 aromatic carbocycles. The first-order chi connectivity index (χ1) is 9.50. The first kappa shape index (κ1) is 18.2. The summed E-state index contributed by atoms with van der Waals surface area (Å²) in [5, 5.41) is 4.75. The molecule has 1 aromatic rings. The molecule has 10 radical (unpaired) electrons. The lowest BCUT2D eigenvalue weighted by molar-refractivity contribution is -0.322. The zero-order valence-electron chi connectivity index (χ0n) is 10.2. The zero-order valence-corrected chi connectivity index (χ0v) is 12.0. The van der Waals surface area contributed by atoms with E-state index < -0.39 is 26.3 Å². The van der Waals surface area contributed by atoms with Crippen LogP contribution in [0.15, 0.2) is 11.8 Å². The Labute approximate surface area is 122 Å². The first-order valence-corrected chi connectivity index (χ1v) is 7.98. The molecule has 21 heavy (non-hydrogen) atoms. The Kier molecular flexibility index (Phi) is 6.04. The molecule has 1 rings (SSSR count). The monoisotopic (exact) mass is 325 g/mol. The molecule has 0 amide bonds. The summed E-state index contributed by atoms with van der Waals surface area (Å²) in [6.07, 6.45) is 7.31. The van der Waals surface area contributed by atoms with Gasteiger partial charge in [0.15, 0.2) is 0 Å². The minimum Gasteiger partial charge on any atom is -0.810 e. The van der Waals surface area contributed by atoms with Gasteiger partial charge < -0.3 is 28.7 Å². The molecule has 0 aliphatic carbocycles. The third-order valence-corrected chi connectivity index (χ3v) is 4.39. The van der Waals surface area contributed by atoms with Crippen molar-refractivity contribution in [3.63, 3.8) is 0 Å². The molecule has 0 spiro atoms. The highest BCUT2D eigenvalue weighted by Gasteiger charge is 2.21. The highest BCUT2D eigenvalue weighted by atomic mass is 31.2. The van der Waals surface area contributed by atoms with Gasteiger partial charge in [-0.25, -0.2) is 4.68 Å². The molecule has 9 nitrogen and oxygen atoms in total. The summed E-state index contributed by atoms with van der Waals surface area (Å²) in [5.74, 6) is 0. The van der Waals surface area contributed by atoms with Crippen molar-refractivity contribution in [2.75, 3.05) is 0 Å². The van der Waals surface area contributed by atoms with Crippen LogP contribution in [-0.2, 0) is 9.13 Å². The van der Waals surface area contributed by atoms with E-state index in [-0.39, 0.29) is 0 Å². The van der Waals surface area contributed by atoms with E-state index in [1.165, 1.54) is 0 Å². The molecule has 0 bridgehead atoms. The van der Waals surface area contributed by atoms with Crippen molar-refractivity contribution in [3.8, 4) is 0 Å². The van der Waals surface area contributed by atoms with Gasteiger partial charge in [0, 0.05) is 0 Å². The molecular formula is C10H5N3O6P2-4. The van der Waals surface area contributed by atoms with Crippen LogP contribution in [0.5, 0.6) is 0 Å². The summed E-state index contributed by atoms with van der Waals surface area (Å²) in [6.45, 7) is 9.12. The van der Waals surface area contributed by atoms with E-state index in [0.717, 1.165) is 10.9 Å². The van der Waals surface area contributed by atoms with Crippen molar-refractivity contribution in [1.29, 1.82) is 0 Å². The second kappa shape index (κ2) is 6.96. The minimum atomic E-state index is -5.82. The summed E-state index contributed by atoms with van der Waals surface area (Å²) in [4.78, 5) is 42.9. The van der Waals surface area contributed by atoms with E-state index in [0.29, 0.717) is 5.57 Å². The Morgan fingerprint density at radius 1 is 1.19 bits per heavy atom. The van der Waals surface area contributed by atoms with Gasteiger partial charge in [0.1, 0.15) is 6.54 Å². The molecule has 1 heterocycles. The fraction of sp³-hybridized carbons (Fsp3) is 0. The highest BCUT2D eigenvalue weighted by Crippen LogP contribution is 2.59. The van der Waals surface area contributed by atoms with Crippen molar-refractivity contribution in [2.24, 2.45) is 0 Å². The number of nitrogens with zero attached hydrogens (tertiary/aromatic N) is 3. The predicted molar refractivity (Wildman–Crippen MR) is 60.2 cm³/mol. The lowest BCUT2D eigenvalue weighted by Gasteiger charge is -2.47. The van der Waals surface area contributed by atoms with Gasteiger partial charge in [0.25, 0.3) is 0 Å². The summed E-state index contributed by atoms with van der Waals surface area (Å²) in [5.41, 5.74) is -0.166. The van der Waals surface area contributed by atoms with Crippen molar-refractivity contribution < 1.29 is 28.7 Å². The smallest absolute Gasteiger partial charge is 0.133 e. The van der Waals surface area contributed by atoms with Crippen molar-refractivity contribution >= 4 is 15.2 Å². The zero-order chi connectivity index (χ0) is 16.3. The standard InChI is InChI=1S/C10H9N3O6P2/c1-8(2)4-3-5-13-7-9(11-12-13)6-10(20(14,15)16)21(17,18)19/h7H,1-2H2,(H2,14,15,16)(H2,17,18,19)/p-4. The Hall–Kier alpha value is -0.820. The predicted octanol–water partition coefficient (Wildman–Crippen LogP) is -2.61. The summed E-state index contributed by atoms with van der Waals surface area (Å²) < 4.78 is 22.3. The third kappa shape index (κ3) is 6.22. The topological polar surface area (TPSA) is 157 Å². The average molecular weight is 325 g/mol. The number of aromatic nitrogens is 3. The Bertz CT molecular complexity index is 576. The number of rotatable bonds is 7. The summed E-state index contributed by atoms with van der Waals surface area (Å²) in [6, 6.07) is 0. The maximum absolute atomic E-state index is 10.7. The largest absolute Gasteiger partial charge is 0.810 e. The van der Waals surface area contributed by atoms with Crippen molar-refractivity contribution in [3.05, 3.63) is 62.2 Å². The van der Waals surface area contributed by atoms with Crippen LogP contribution in [0.1, 0.15) is 5.69 Å². The van der Waals surface area contributed by atoms with Gasteiger partial charge in [-0.3, -0.25) is 0 Å². The molecule has 1 aromatic heterocycles. The van der Waals surface area contributed by atoms with Gasteiger partial charge in [-0.1, -0.05) is 26.0 Å². The van der Waals surface area contributed by atoms with Crippen LogP contribution in [0.2, 0.25) is 0 Å². The molecule has 0 atom stereocenters. The van der Waals surface area contributed by atoms with Crippen LogP contribution in [0.3, 0.4) is 0 Å². The molecule has 0 N–H and O–H groups in total. The third-order valence-electron chi connectivity index (χ3n) is 1.66. The van der Waals surface area contributed by atoms with E-state index in [2.05, 4.69) is 43.2 Å². The van der Waals surface area contributed by atoms with Gasteiger partial charge in [-0.15, -0.1) is 5.10 Å². The molecule has 110 valence electrons. The number of hydrogen-bond acceptors (Lipinski definition) is 8. The maximum Gasteiger partial charge on any atom is 0.133 e. The van der Waals surface area contributed by atoms with Crippen LogP contribution >= 0.6 is 15.2 Å². The fourth-order valence-electron chi connectivity index (χ4n) is 0.951. The van der Waals surface area contributed by atoms with E-state index in [1.807, 2.05) is 0 Å². The van der Waals surface area contributed by atoms with Crippen LogP contribution in [0.25, 0.3) is 0 Å². The molecule has 0 unspecified atom stereocenters. The van der Waals surface area contributed by atoms with E-state index in [1.54, 1.807) is 6.42 Å². The van der Waals surface area contributed by atoms with Crippen molar-refractivity contribution in [1.82, 2.24) is 15.0 Å². The van der Waals surface area contributed by atoms with Gasteiger partial charge in [-0.05, 0) is 19.9 Å². The summed E-state index contributed by atoms with van der Waals surface area (Å²) >= 11 is 0. The lowest BCUT2D eigenvalue weighted by atomic mass is 10.3. The van der Waals surface area contributed by atoms with Crippen molar-refractivity contribution in [2.45, 2.75) is 0 Å². The Morgan fingerprint density at radius 2 is 1.76 bits per heavy atom. The van der Waals surface area contributed by atoms with Gasteiger partial charge >= 0.3 is 0 Å². The Morgan fingerprint density at radius 3 is 2.24 bits per heavy atom. The van der Waals surface area contributed by atoms with Gasteiger partial charge in [-0.2, -0.15) is 0 Å². The first-order valence-electron chi connectivity index (χ1n) is 4.89. The highest BCUT2D eigenvalue weighted by molar-refractivity contribution is 7.72. The number of hydrogen-bond donors (Lipinski definition) is 0. The van der Waals surface area contributed by atoms with E-state index in [9.17, 15) is 28.7 Å².